The van der Waals surface area contributed by atoms with E-state index in [2.05, 4.69) is 142 Å². The number of hydrogen-bond donors (Lipinski definition) is 0. The summed E-state index contributed by atoms with van der Waals surface area (Å²) in [7, 11) is 0. The summed E-state index contributed by atoms with van der Waals surface area (Å²) in [4.78, 5) is 0. The monoisotopic (exact) mass is 553 g/mol. The summed E-state index contributed by atoms with van der Waals surface area (Å²) in [6.45, 7) is 0. The molecule has 0 bridgehead atoms. The van der Waals surface area contributed by atoms with Gasteiger partial charge < -0.3 is 4.57 Å². The minimum absolute atomic E-state index is 1.09. The SMILES string of the molecule is Brc1ccc2c(c1)c1cc(-c3cccc4c3sc3ccccc34)ccc1n2-c1ccc2ccccc2c1. The van der Waals surface area contributed by atoms with Crippen molar-refractivity contribution in [2.24, 2.45) is 0 Å². The fourth-order valence-electron chi connectivity index (χ4n) is 5.73. The van der Waals surface area contributed by atoms with Crippen molar-refractivity contribution in [3.05, 3.63) is 126 Å². The van der Waals surface area contributed by atoms with Crippen molar-refractivity contribution < 1.29 is 0 Å². The Kier molecular flexibility index (Phi) is 4.61. The van der Waals surface area contributed by atoms with Crippen LogP contribution >= 0.6 is 27.3 Å². The van der Waals surface area contributed by atoms with E-state index >= 15 is 0 Å². The van der Waals surface area contributed by atoms with Gasteiger partial charge in [0.05, 0.1) is 11.0 Å². The lowest BCUT2D eigenvalue weighted by atomic mass is 10.0. The van der Waals surface area contributed by atoms with Gasteiger partial charge in [-0.05, 0) is 70.4 Å². The second-order valence-electron chi connectivity index (χ2n) is 9.54. The topological polar surface area (TPSA) is 4.93 Å². The average molecular weight is 555 g/mol. The average Bonchev–Trinajstić information content (AvgIpc) is 3.48. The van der Waals surface area contributed by atoms with Crippen LogP contribution in [0.4, 0.5) is 0 Å². The van der Waals surface area contributed by atoms with Crippen LogP contribution in [-0.2, 0) is 0 Å². The zero-order chi connectivity index (χ0) is 24.5. The van der Waals surface area contributed by atoms with E-state index < -0.39 is 0 Å². The zero-order valence-electron chi connectivity index (χ0n) is 19.8. The maximum Gasteiger partial charge on any atom is 0.0541 e. The summed E-state index contributed by atoms with van der Waals surface area (Å²) in [5.41, 5.74) is 6.16. The minimum Gasteiger partial charge on any atom is -0.309 e. The molecule has 0 aliphatic rings. The van der Waals surface area contributed by atoms with Crippen molar-refractivity contribution in [1.29, 1.82) is 0 Å². The third-order valence-corrected chi connectivity index (χ3v) is 9.15. The molecule has 0 spiro atoms. The zero-order valence-corrected chi connectivity index (χ0v) is 22.2. The molecule has 174 valence electrons. The molecule has 0 fully saturated rings. The molecule has 0 aliphatic heterocycles. The first kappa shape index (κ1) is 21.2. The van der Waals surface area contributed by atoms with Crippen LogP contribution < -0.4 is 0 Å². The van der Waals surface area contributed by atoms with Crippen molar-refractivity contribution in [3.8, 4) is 16.8 Å². The minimum atomic E-state index is 1.09. The van der Waals surface area contributed by atoms with Gasteiger partial charge in [-0.25, -0.2) is 0 Å². The van der Waals surface area contributed by atoms with Gasteiger partial charge in [0.25, 0.3) is 0 Å². The van der Waals surface area contributed by atoms with Crippen molar-refractivity contribution in [3.63, 3.8) is 0 Å². The summed E-state index contributed by atoms with van der Waals surface area (Å²) < 4.78 is 6.17. The summed E-state index contributed by atoms with van der Waals surface area (Å²) >= 11 is 5.61. The van der Waals surface area contributed by atoms with Crippen LogP contribution in [0.1, 0.15) is 0 Å². The Morgan fingerprint density at radius 1 is 0.541 bits per heavy atom. The number of aromatic nitrogens is 1. The summed E-state index contributed by atoms with van der Waals surface area (Å²) in [5.74, 6) is 0. The molecule has 1 nitrogen and oxygen atoms in total. The predicted molar refractivity (Wildman–Crippen MR) is 164 cm³/mol. The number of hydrogen-bond acceptors (Lipinski definition) is 1. The number of thiophene rings is 1. The van der Waals surface area contributed by atoms with E-state index in [1.165, 1.54) is 69.6 Å². The number of benzene rings is 6. The van der Waals surface area contributed by atoms with E-state index in [0.29, 0.717) is 0 Å². The van der Waals surface area contributed by atoms with Crippen molar-refractivity contribution >= 4 is 80.0 Å². The molecule has 6 aromatic carbocycles. The number of nitrogens with zero attached hydrogens (tertiary/aromatic N) is 1. The van der Waals surface area contributed by atoms with Crippen molar-refractivity contribution in [2.75, 3.05) is 0 Å². The van der Waals surface area contributed by atoms with Gasteiger partial charge in [0.15, 0.2) is 0 Å². The molecule has 0 N–H and O–H groups in total. The molecule has 37 heavy (non-hydrogen) atoms. The van der Waals surface area contributed by atoms with E-state index in [0.717, 1.165) is 4.47 Å². The van der Waals surface area contributed by atoms with E-state index in [1.54, 1.807) is 0 Å². The maximum atomic E-state index is 3.72. The fraction of sp³-hybridized carbons (Fsp3) is 0. The van der Waals surface area contributed by atoms with Crippen LogP contribution in [0.3, 0.4) is 0 Å². The highest BCUT2D eigenvalue weighted by Gasteiger charge is 2.16. The highest BCUT2D eigenvalue weighted by atomic mass is 79.9. The molecule has 2 heterocycles. The second-order valence-corrected chi connectivity index (χ2v) is 11.5. The largest absolute Gasteiger partial charge is 0.309 e. The van der Waals surface area contributed by atoms with Crippen LogP contribution in [0, 0.1) is 0 Å². The Labute approximate surface area is 226 Å². The van der Waals surface area contributed by atoms with Gasteiger partial charge in [-0.1, -0.05) is 88.7 Å². The van der Waals surface area contributed by atoms with Gasteiger partial charge >= 0.3 is 0 Å². The smallest absolute Gasteiger partial charge is 0.0541 e. The lowest BCUT2D eigenvalue weighted by molar-refractivity contribution is 1.19. The molecule has 0 radical (unpaired) electrons. The summed E-state index contributed by atoms with van der Waals surface area (Å²) in [5, 5.41) is 7.69. The van der Waals surface area contributed by atoms with Gasteiger partial charge in [0.1, 0.15) is 0 Å². The Morgan fingerprint density at radius 3 is 2.22 bits per heavy atom. The Morgan fingerprint density at radius 2 is 1.30 bits per heavy atom. The van der Waals surface area contributed by atoms with E-state index in [4.69, 9.17) is 0 Å². The molecule has 0 unspecified atom stereocenters. The molecule has 0 amide bonds. The molecule has 0 aliphatic carbocycles. The van der Waals surface area contributed by atoms with E-state index in [1.807, 2.05) is 11.3 Å². The molecule has 0 saturated heterocycles. The lowest BCUT2D eigenvalue weighted by Gasteiger charge is -2.10. The van der Waals surface area contributed by atoms with Crippen molar-refractivity contribution in [1.82, 2.24) is 4.57 Å². The van der Waals surface area contributed by atoms with Crippen LogP contribution in [0.2, 0.25) is 0 Å². The third-order valence-electron chi connectivity index (χ3n) is 7.43. The first-order valence-electron chi connectivity index (χ1n) is 12.4. The predicted octanol–water partition coefficient (Wildman–Crippen LogP) is 10.7. The van der Waals surface area contributed by atoms with E-state index in [-0.39, 0.29) is 0 Å². The molecule has 0 atom stereocenters. The molecular formula is C34H20BrNS. The Hall–Kier alpha value is -3.92. The van der Waals surface area contributed by atoms with Gasteiger partial charge in [0, 0.05) is 41.1 Å². The van der Waals surface area contributed by atoms with Gasteiger partial charge in [-0.2, -0.15) is 0 Å². The summed E-state index contributed by atoms with van der Waals surface area (Å²) in [6.07, 6.45) is 0. The lowest BCUT2D eigenvalue weighted by Crippen LogP contribution is -1.93. The first-order valence-corrected chi connectivity index (χ1v) is 14.0. The van der Waals surface area contributed by atoms with Gasteiger partial charge in [-0.3, -0.25) is 0 Å². The Bertz CT molecular complexity index is 2160. The second kappa shape index (κ2) is 8.04. The highest BCUT2D eigenvalue weighted by molar-refractivity contribution is 9.10. The van der Waals surface area contributed by atoms with Crippen LogP contribution in [0.15, 0.2) is 126 Å². The molecule has 8 rings (SSSR count). The Balaban J connectivity index is 1.42. The molecule has 2 aromatic heterocycles. The fourth-order valence-corrected chi connectivity index (χ4v) is 7.33. The van der Waals surface area contributed by atoms with Crippen LogP contribution in [-0.4, -0.2) is 4.57 Å². The van der Waals surface area contributed by atoms with Gasteiger partial charge in [0.2, 0.25) is 0 Å². The molecule has 0 saturated carbocycles. The normalized spacial score (nSPS) is 11.9. The number of halogens is 1. The molecule has 8 aromatic rings. The molecular weight excluding hydrogens is 534 g/mol. The van der Waals surface area contributed by atoms with Gasteiger partial charge in [-0.15, -0.1) is 11.3 Å². The first-order chi connectivity index (χ1) is 18.2. The highest BCUT2D eigenvalue weighted by Crippen LogP contribution is 2.42. The standard InChI is InChI=1S/C34H20BrNS/c35-24-14-17-32-30(20-24)29-19-23(26-9-5-10-28-27-8-3-4-11-33(27)37-34(26)28)13-16-31(29)36(32)25-15-12-21-6-1-2-7-22(21)18-25/h1-20H. The third kappa shape index (κ3) is 3.21. The van der Waals surface area contributed by atoms with Crippen LogP contribution in [0.5, 0.6) is 0 Å². The molecule has 3 heteroatoms. The van der Waals surface area contributed by atoms with Crippen molar-refractivity contribution in [2.45, 2.75) is 0 Å². The summed E-state index contributed by atoms with van der Waals surface area (Å²) in [6, 6.07) is 44.3. The van der Waals surface area contributed by atoms with E-state index in [9.17, 15) is 0 Å². The quantitative estimate of drug-likeness (QED) is 0.200. The number of rotatable bonds is 2. The maximum absolute atomic E-state index is 3.72. The van der Waals surface area contributed by atoms with Crippen LogP contribution in [0.25, 0.3) is 69.6 Å². The number of fused-ring (bicyclic) bond motifs is 7.